The lowest BCUT2D eigenvalue weighted by Gasteiger charge is -2.15. The predicted octanol–water partition coefficient (Wildman–Crippen LogP) is 2.46. The van der Waals surface area contributed by atoms with E-state index in [0.29, 0.717) is 11.4 Å². The van der Waals surface area contributed by atoms with Gasteiger partial charge in [-0.05, 0) is 35.4 Å². The highest BCUT2D eigenvalue weighted by molar-refractivity contribution is 7.91. The second-order valence-corrected chi connectivity index (χ2v) is 8.71. The number of carbonyl (C=O) groups excluding carboxylic acids is 1. The van der Waals surface area contributed by atoms with Crippen molar-refractivity contribution in [3.8, 4) is 11.1 Å². The molecule has 8 heteroatoms. The first-order valence-corrected chi connectivity index (χ1v) is 9.96. The largest absolute Gasteiger partial charge is 0.399 e. The van der Waals surface area contributed by atoms with Crippen LogP contribution in [-0.2, 0) is 9.84 Å². The van der Waals surface area contributed by atoms with Crippen LogP contribution < -0.4 is 16.4 Å². The molecular weight excluding hydrogens is 362 g/mol. The number of rotatable bonds is 3. The Balaban J connectivity index is 1.61. The normalized spacial score (nSPS) is 21.6. The van der Waals surface area contributed by atoms with Gasteiger partial charge >= 0.3 is 6.03 Å². The van der Waals surface area contributed by atoms with Crippen LogP contribution in [-0.4, -0.2) is 37.4 Å². The quantitative estimate of drug-likeness (QED) is 0.563. The minimum absolute atomic E-state index is 0.115. The van der Waals surface area contributed by atoms with Gasteiger partial charge in [0, 0.05) is 11.4 Å². The molecule has 0 unspecified atom stereocenters. The summed E-state index contributed by atoms with van der Waals surface area (Å²) in [4.78, 5) is 12.0. The third-order valence-electron chi connectivity index (χ3n) is 3.99. The predicted molar refractivity (Wildman–Crippen MR) is 101 cm³/mol. The van der Waals surface area contributed by atoms with Gasteiger partial charge in [0.15, 0.2) is 9.84 Å². The zero-order valence-electron chi connectivity index (χ0n) is 13.3. The van der Waals surface area contributed by atoms with Gasteiger partial charge in [-0.1, -0.05) is 24.3 Å². The van der Waals surface area contributed by atoms with Gasteiger partial charge in [-0.3, -0.25) is 0 Å². The molecule has 132 valence electrons. The first-order chi connectivity index (χ1) is 11.8. The fourth-order valence-electron chi connectivity index (χ4n) is 2.69. The summed E-state index contributed by atoms with van der Waals surface area (Å²) in [6, 6.07) is 13.7. The summed E-state index contributed by atoms with van der Waals surface area (Å²) in [7, 11) is -3.19. The lowest BCUT2D eigenvalue weighted by molar-refractivity contribution is 0.249. The van der Waals surface area contributed by atoms with Crippen molar-refractivity contribution >= 4 is 38.8 Å². The Morgan fingerprint density at radius 2 is 1.56 bits per heavy atom. The minimum Gasteiger partial charge on any atom is -0.399 e. The summed E-state index contributed by atoms with van der Waals surface area (Å²) in [5, 5.41) is 4.68. The van der Waals surface area contributed by atoms with Gasteiger partial charge < -0.3 is 16.4 Å². The van der Waals surface area contributed by atoms with Crippen LogP contribution in [0.4, 0.5) is 16.2 Å². The number of sulfone groups is 1. The molecule has 2 amide bonds. The number of hydrogen-bond donors (Lipinski definition) is 3. The number of hydrogen-bond acceptors (Lipinski definition) is 4. The molecule has 1 saturated heterocycles. The van der Waals surface area contributed by atoms with E-state index in [4.69, 9.17) is 17.3 Å². The van der Waals surface area contributed by atoms with Crippen LogP contribution in [0.2, 0.25) is 0 Å². The fourth-order valence-corrected chi connectivity index (χ4v) is 5.24. The lowest BCUT2D eigenvalue weighted by Crippen LogP contribution is -2.42. The molecule has 0 saturated carbocycles. The van der Waals surface area contributed by atoms with Crippen molar-refractivity contribution in [1.82, 2.24) is 5.32 Å². The van der Waals surface area contributed by atoms with Gasteiger partial charge in [-0.2, -0.15) is 0 Å². The molecule has 1 aliphatic heterocycles. The van der Waals surface area contributed by atoms with Crippen LogP contribution >= 0.6 is 11.6 Å². The number of urea groups is 1. The molecule has 25 heavy (non-hydrogen) atoms. The number of carbonyl (C=O) groups is 1. The van der Waals surface area contributed by atoms with Crippen molar-refractivity contribution in [2.75, 3.05) is 22.6 Å². The lowest BCUT2D eigenvalue weighted by atomic mass is 10.1. The van der Waals surface area contributed by atoms with Crippen LogP contribution in [0.5, 0.6) is 0 Å². The summed E-state index contributed by atoms with van der Waals surface area (Å²) in [5.74, 6) is -0.250. The summed E-state index contributed by atoms with van der Waals surface area (Å²) in [6.07, 6.45) is 0. The Morgan fingerprint density at radius 3 is 2.08 bits per heavy atom. The molecule has 2 aromatic rings. The van der Waals surface area contributed by atoms with Crippen LogP contribution in [0.15, 0.2) is 48.5 Å². The van der Waals surface area contributed by atoms with Crippen molar-refractivity contribution < 1.29 is 13.2 Å². The summed E-state index contributed by atoms with van der Waals surface area (Å²) >= 11 is 5.98. The van der Waals surface area contributed by atoms with Crippen LogP contribution in [0.25, 0.3) is 11.1 Å². The van der Waals surface area contributed by atoms with Crippen molar-refractivity contribution in [2.45, 2.75) is 11.4 Å². The van der Waals surface area contributed by atoms with Gasteiger partial charge in [0.1, 0.15) is 0 Å². The van der Waals surface area contributed by atoms with E-state index in [1.165, 1.54) is 0 Å². The summed E-state index contributed by atoms with van der Waals surface area (Å²) in [5.41, 5.74) is 8.99. The van der Waals surface area contributed by atoms with Gasteiger partial charge in [-0.25, -0.2) is 13.2 Å². The number of anilines is 2. The molecule has 6 nitrogen and oxygen atoms in total. The van der Waals surface area contributed by atoms with Crippen LogP contribution in [0.3, 0.4) is 0 Å². The maximum atomic E-state index is 12.0. The van der Waals surface area contributed by atoms with E-state index >= 15 is 0 Å². The monoisotopic (exact) mass is 379 g/mol. The Bertz CT molecular complexity index is 867. The molecule has 2 aromatic carbocycles. The van der Waals surface area contributed by atoms with Crippen LogP contribution in [0.1, 0.15) is 0 Å². The molecule has 3 rings (SSSR count). The van der Waals surface area contributed by atoms with Crippen molar-refractivity contribution in [3.05, 3.63) is 48.5 Å². The Morgan fingerprint density at radius 1 is 1.00 bits per heavy atom. The number of nitrogens with one attached hydrogen (secondary N) is 2. The van der Waals surface area contributed by atoms with Crippen molar-refractivity contribution in [1.29, 1.82) is 0 Å². The number of halogens is 1. The van der Waals surface area contributed by atoms with E-state index in [1.807, 2.05) is 36.4 Å². The number of amides is 2. The minimum atomic E-state index is -3.19. The number of nitrogen functional groups attached to an aromatic ring is 1. The van der Waals surface area contributed by atoms with E-state index in [-0.39, 0.29) is 11.5 Å². The molecule has 4 N–H and O–H groups in total. The topological polar surface area (TPSA) is 101 Å². The first kappa shape index (κ1) is 17.6. The molecule has 1 fully saturated rings. The summed E-state index contributed by atoms with van der Waals surface area (Å²) in [6.45, 7) is 0. The van der Waals surface area contributed by atoms with Crippen LogP contribution in [0, 0.1) is 0 Å². The molecule has 1 heterocycles. The molecule has 0 radical (unpaired) electrons. The molecule has 1 aliphatic rings. The average Bonchev–Trinajstić information content (AvgIpc) is 2.80. The van der Waals surface area contributed by atoms with Crippen molar-refractivity contribution in [2.24, 2.45) is 0 Å². The second kappa shape index (κ2) is 6.93. The highest BCUT2D eigenvalue weighted by Gasteiger charge is 2.37. The molecule has 0 spiro atoms. The SMILES string of the molecule is Nc1ccc(-c2ccc(NC(=O)N[C@@H]3CS(=O)(=O)C[C@H]3Cl)cc2)cc1. The number of nitrogens with two attached hydrogens (primary N) is 1. The Kier molecular flexibility index (Phi) is 4.87. The van der Waals surface area contributed by atoms with Gasteiger partial charge in [-0.15, -0.1) is 11.6 Å². The third kappa shape index (κ3) is 4.43. The fraction of sp³-hybridized carbons (Fsp3) is 0.235. The molecule has 0 bridgehead atoms. The van der Waals surface area contributed by atoms with Gasteiger partial charge in [0.05, 0.1) is 22.9 Å². The molecule has 2 atom stereocenters. The zero-order valence-corrected chi connectivity index (χ0v) is 14.8. The summed E-state index contributed by atoms with van der Waals surface area (Å²) < 4.78 is 23.0. The molecule has 0 aliphatic carbocycles. The van der Waals surface area contributed by atoms with E-state index in [1.54, 1.807) is 12.1 Å². The van der Waals surface area contributed by atoms with E-state index in [2.05, 4.69) is 10.6 Å². The van der Waals surface area contributed by atoms with E-state index in [0.717, 1.165) is 11.1 Å². The van der Waals surface area contributed by atoms with Gasteiger partial charge in [0.2, 0.25) is 0 Å². The van der Waals surface area contributed by atoms with E-state index in [9.17, 15) is 13.2 Å². The maximum Gasteiger partial charge on any atom is 0.319 e. The number of benzene rings is 2. The smallest absolute Gasteiger partial charge is 0.319 e. The molecular formula is C17H18ClN3O3S. The second-order valence-electron chi connectivity index (χ2n) is 6.00. The third-order valence-corrected chi connectivity index (χ3v) is 6.36. The standard InChI is InChI=1S/C17H18ClN3O3S/c18-15-9-25(23,24)10-16(15)21-17(22)20-14-7-3-12(4-8-14)11-1-5-13(19)6-2-11/h1-8,15-16H,9-10,19H2,(H2,20,21,22)/t15-,16-/m1/s1. The average molecular weight is 380 g/mol. The highest BCUT2D eigenvalue weighted by atomic mass is 35.5. The Hall–Kier alpha value is -2.25. The molecule has 0 aromatic heterocycles. The van der Waals surface area contributed by atoms with Crippen molar-refractivity contribution in [3.63, 3.8) is 0 Å². The maximum absolute atomic E-state index is 12.0. The highest BCUT2D eigenvalue weighted by Crippen LogP contribution is 2.23. The van der Waals surface area contributed by atoms with E-state index < -0.39 is 27.3 Å². The Labute approximate surface area is 151 Å². The first-order valence-electron chi connectivity index (χ1n) is 7.70. The van der Waals surface area contributed by atoms with Gasteiger partial charge in [0.25, 0.3) is 0 Å². The zero-order chi connectivity index (χ0) is 18.0. The number of alkyl halides is 1.